The van der Waals surface area contributed by atoms with Crippen molar-refractivity contribution in [3.05, 3.63) is 28.4 Å². The number of amides is 1. The number of halogens is 1. The molecule has 3 N–H and O–H groups in total. The van der Waals surface area contributed by atoms with Crippen LogP contribution >= 0.6 is 27.5 Å². The van der Waals surface area contributed by atoms with Gasteiger partial charge in [0.1, 0.15) is 17.6 Å². The number of nitrogens with one attached hydrogen (secondary N) is 3. The van der Waals surface area contributed by atoms with Crippen LogP contribution in [0.15, 0.2) is 22.7 Å². The van der Waals surface area contributed by atoms with E-state index in [9.17, 15) is 4.79 Å². The first kappa shape index (κ1) is 23.5. The van der Waals surface area contributed by atoms with E-state index in [0.29, 0.717) is 12.3 Å². The lowest BCUT2D eigenvalue weighted by Gasteiger charge is -2.30. The molecule has 2 aromatic rings. The number of nitrogens with zero attached hydrogens (tertiary/aromatic N) is 3. The summed E-state index contributed by atoms with van der Waals surface area (Å²) in [4.78, 5) is 15.0. The number of hydrogen-bond acceptors (Lipinski definition) is 7. The van der Waals surface area contributed by atoms with Gasteiger partial charge in [0.15, 0.2) is 0 Å². The Bertz CT molecular complexity index is 948. The van der Waals surface area contributed by atoms with E-state index in [0.717, 1.165) is 52.5 Å². The van der Waals surface area contributed by atoms with E-state index >= 15 is 0 Å². The van der Waals surface area contributed by atoms with Gasteiger partial charge in [-0.15, -0.1) is 0 Å². The third-order valence-corrected chi connectivity index (χ3v) is 6.73. The van der Waals surface area contributed by atoms with E-state index in [-0.39, 0.29) is 12.5 Å². The molecule has 0 bridgehead atoms. The van der Waals surface area contributed by atoms with Gasteiger partial charge in [-0.3, -0.25) is 4.79 Å². The maximum atomic E-state index is 12.6. The highest BCUT2D eigenvalue weighted by Gasteiger charge is 2.23. The Morgan fingerprint density at radius 3 is 2.77 bits per heavy atom. The van der Waals surface area contributed by atoms with Crippen molar-refractivity contribution in [1.29, 1.82) is 5.26 Å². The Balaban J connectivity index is 1.86. The van der Waals surface area contributed by atoms with Gasteiger partial charge in [-0.2, -0.15) is 9.64 Å². The Kier molecular flexibility index (Phi) is 8.29. The average molecular weight is 505 g/mol. The zero-order valence-corrected chi connectivity index (χ0v) is 20.6. The molecule has 1 aliphatic heterocycles. The molecule has 7 nitrogen and oxygen atoms in total. The van der Waals surface area contributed by atoms with Crippen LogP contribution in [0.5, 0.6) is 0 Å². The normalized spacial score (nSPS) is 14.9. The monoisotopic (exact) mass is 504 g/mol. The van der Waals surface area contributed by atoms with E-state index < -0.39 is 6.04 Å². The molecule has 0 radical (unpaired) electrons. The van der Waals surface area contributed by atoms with E-state index in [2.05, 4.69) is 73.2 Å². The highest BCUT2D eigenvalue weighted by molar-refractivity contribution is 9.10. The number of carbonyl (C=O) groups is 1. The molecule has 1 saturated heterocycles. The number of benzene rings is 1. The summed E-state index contributed by atoms with van der Waals surface area (Å²) in [5.74, 6) is 0.165. The number of aryl methyl sites for hydroxylation is 1. The molecule has 31 heavy (non-hydrogen) atoms. The second-order valence-electron chi connectivity index (χ2n) is 8.08. The summed E-state index contributed by atoms with van der Waals surface area (Å²) < 4.78 is 5.60. The lowest BCUT2D eigenvalue weighted by atomic mass is 10.0. The minimum atomic E-state index is -0.421. The van der Waals surface area contributed by atoms with Crippen LogP contribution in [-0.2, 0) is 4.79 Å². The van der Waals surface area contributed by atoms with E-state index in [1.807, 2.05) is 13.0 Å². The molecule has 3 rings (SSSR count). The first-order valence-electron chi connectivity index (χ1n) is 10.5. The first-order valence-corrected chi connectivity index (χ1v) is 12.1. The highest BCUT2D eigenvalue weighted by Crippen LogP contribution is 2.39. The number of hydrogen-bond donors (Lipinski definition) is 3. The molecule has 2 heterocycles. The molecule has 0 aliphatic carbocycles. The second-order valence-corrected chi connectivity index (χ2v) is 9.71. The van der Waals surface area contributed by atoms with Crippen LogP contribution in [0.4, 0.5) is 10.7 Å². The molecule has 1 aliphatic rings. The smallest absolute Gasteiger partial charge is 0.243 e. The second kappa shape index (κ2) is 10.9. The van der Waals surface area contributed by atoms with Crippen LogP contribution in [0.1, 0.15) is 26.0 Å². The Labute approximate surface area is 196 Å². The summed E-state index contributed by atoms with van der Waals surface area (Å²) >= 11 is 5.12. The number of piperazine rings is 1. The summed E-state index contributed by atoms with van der Waals surface area (Å²) in [7, 11) is 0. The van der Waals surface area contributed by atoms with Crippen molar-refractivity contribution >= 4 is 44.1 Å². The van der Waals surface area contributed by atoms with Gasteiger partial charge >= 0.3 is 0 Å². The van der Waals surface area contributed by atoms with Crippen molar-refractivity contribution in [2.45, 2.75) is 33.2 Å². The van der Waals surface area contributed by atoms with Crippen molar-refractivity contribution in [2.24, 2.45) is 5.92 Å². The summed E-state index contributed by atoms with van der Waals surface area (Å²) in [6.45, 7) is 10.1. The fraction of sp³-hybridized carbons (Fsp3) is 0.500. The van der Waals surface area contributed by atoms with Crippen LogP contribution in [0, 0.1) is 24.2 Å². The van der Waals surface area contributed by atoms with Crippen molar-refractivity contribution < 1.29 is 4.79 Å². The highest BCUT2D eigenvalue weighted by atomic mass is 79.9. The molecular formula is C22H29BrN6OS. The Hall–Kier alpha value is -2.15. The van der Waals surface area contributed by atoms with Gasteiger partial charge in [0.2, 0.25) is 5.91 Å². The van der Waals surface area contributed by atoms with Gasteiger partial charge in [-0.25, -0.2) is 0 Å². The minimum absolute atomic E-state index is 0.00408. The van der Waals surface area contributed by atoms with Crippen LogP contribution < -0.4 is 20.9 Å². The van der Waals surface area contributed by atoms with Gasteiger partial charge in [-0.05, 0) is 64.4 Å². The third-order valence-electron chi connectivity index (χ3n) is 5.23. The van der Waals surface area contributed by atoms with Crippen LogP contribution in [0.3, 0.4) is 0 Å². The molecule has 0 saturated carbocycles. The van der Waals surface area contributed by atoms with Gasteiger partial charge in [0.05, 0.1) is 17.5 Å². The van der Waals surface area contributed by atoms with E-state index in [1.54, 1.807) is 0 Å². The minimum Gasteiger partial charge on any atom is -0.368 e. The van der Waals surface area contributed by atoms with Gasteiger partial charge < -0.3 is 20.9 Å². The van der Waals surface area contributed by atoms with Crippen LogP contribution in [0.25, 0.3) is 11.1 Å². The van der Waals surface area contributed by atoms with Gasteiger partial charge in [-0.1, -0.05) is 19.9 Å². The summed E-state index contributed by atoms with van der Waals surface area (Å²) in [5, 5.41) is 19.1. The van der Waals surface area contributed by atoms with E-state index in [4.69, 9.17) is 5.26 Å². The average Bonchev–Trinajstić information content (AvgIpc) is 3.11. The SMILES string of the molecule is Cc1nsc(NC(CC(C)C)C(=O)NCC#N)c1-c1ccc(N2CCNCC2)c(Br)c1. The molecule has 1 amide bonds. The predicted octanol–water partition coefficient (Wildman–Crippen LogP) is 3.76. The zero-order valence-electron chi connectivity index (χ0n) is 18.2. The van der Waals surface area contributed by atoms with Gasteiger partial charge in [0.25, 0.3) is 0 Å². The summed E-state index contributed by atoms with van der Waals surface area (Å²) in [5.41, 5.74) is 4.18. The number of anilines is 2. The maximum Gasteiger partial charge on any atom is 0.243 e. The predicted molar refractivity (Wildman–Crippen MR) is 131 cm³/mol. The molecule has 166 valence electrons. The molecule has 0 spiro atoms. The number of nitriles is 1. The lowest BCUT2D eigenvalue weighted by Crippen LogP contribution is -2.43. The van der Waals surface area contributed by atoms with E-state index in [1.165, 1.54) is 17.2 Å². The van der Waals surface area contributed by atoms with Gasteiger partial charge in [0, 0.05) is 36.2 Å². The Morgan fingerprint density at radius 2 is 2.13 bits per heavy atom. The molecular weight excluding hydrogens is 476 g/mol. The largest absolute Gasteiger partial charge is 0.368 e. The van der Waals surface area contributed by atoms with Crippen LogP contribution in [0.2, 0.25) is 0 Å². The molecule has 1 atom stereocenters. The number of carbonyl (C=O) groups excluding carboxylic acids is 1. The van der Waals surface area contributed by atoms with Crippen molar-refractivity contribution in [3.63, 3.8) is 0 Å². The maximum absolute atomic E-state index is 12.6. The molecule has 1 aromatic heterocycles. The fourth-order valence-corrected chi connectivity index (χ4v) is 5.24. The first-order chi connectivity index (χ1) is 14.9. The molecule has 1 unspecified atom stereocenters. The standard InChI is InChI=1S/C22H29BrN6OS/c1-14(2)12-18(21(30)26-7-6-24)27-22-20(15(3)28-31-22)16-4-5-19(17(23)13-16)29-10-8-25-9-11-29/h4-5,13-14,18,25,27H,7-12H2,1-3H3,(H,26,30). The lowest BCUT2D eigenvalue weighted by molar-refractivity contribution is -0.121. The zero-order chi connectivity index (χ0) is 22.4. The summed E-state index contributed by atoms with van der Waals surface area (Å²) in [6.07, 6.45) is 0.666. The Morgan fingerprint density at radius 1 is 1.39 bits per heavy atom. The number of rotatable bonds is 8. The number of aromatic nitrogens is 1. The van der Waals surface area contributed by atoms with Crippen LogP contribution in [-0.4, -0.2) is 49.0 Å². The van der Waals surface area contributed by atoms with Crippen molar-refractivity contribution in [1.82, 2.24) is 15.0 Å². The fourth-order valence-electron chi connectivity index (χ4n) is 3.74. The molecule has 9 heteroatoms. The van der Waals surface area contributed by atoms with Crippen molar-refractivity contribution in [2.75, 3.05) is 42.9 Å². The molecule has 1 fully saturated rings. The quantitative estimate of drug-likeness (QED) is 0.474. The van der Waals surface area contributed by atoms with Crippen molar-refractivity contribution in [3.8, 4) is 17.2 Å². The molecule has 1 aromatic carbocycles. The topological polar surface area (TPSA) is 93.1 Å². The third kappa shape index (κ3) is 5.97. The summed E-state index contributed by atoms with van der Waals surface area (Å²) in [6, 6.07) is 7.95.